The Balaban J connectivity index is 1.60. The van der Waals surface area contributed by atoms with Gasteiger partial charge in [0.2, 0.25) is 0 Å². The van der Waals surface area contributed by atoms with Crippen molar-refractivity contribution in [3.63, 3.8) is 0 Å². The van der Waals surface area contributed by atoms with Crippen molar-refractivity contribution in [2.45, 2.75) is 27.2 Å². The number of hydrogen-bond donors (Lipinski definition) is 2. The first-order valence-electron chi connectivity index (χ1n) is 11.8. The van der Waals surface area contributed by atoms with E-state index >= 15 is 0 Å². The van der Waals surface area contributed by atoms with Gasteiger partial charge in [-0.3, -0.25) is 9.59 Å². The molecule has 0 aliphatic carbocycles. The van der Waals surface area contributed by atoms with Crippen molar-refractivity contribution in [3.05, 3.63) is 83.4 Å². The molecule has 0 fully saturated rings. The molecule has 2 amide bonds. The number of amides is 2. The first kappa shape index (κ1) is 26.3. The maximum Gasteiger partial charge on any atom is 0.271 e. The minimum absolute atomic E-state index is 0.169. The molecule has 188 valence electrons. The number of carbonyl (C=O) groups is 2. The molecule has 2 N–H and O–H groups in total. The number of benzene rings is 3. The van der Waals surface area contributed by atoms with Crippen molar-refractivity contribution in [1.82, 2.24) is 5.43 Å². The number of aryl methyl sites for hydroxylation is 1. The van der Waals surface area contributed by atoms with E-state index in [0.717, 1.165) is 12.0 Å². The van der Waals surface area contributed by atoms with E-state index in [4.69, 9.17) is 14.2 Å². The average molecular weight is 490 g/mol. The number of para-hydroxylation sites is 1. The highest BCUT2D eigenvalue weighted by Crippen LogP contribution is 2.28. The summed E-state index contributed by atoms with van der Waals surface area (Å²) in [5.74, 6) is 0.884. The molecule has 0 heterocycles. The number of nitrogens with zero attached hydrogens (tertiary/aromatic N) is 1. The third-order valence-electron chi connectivity index (χ3n) is 4.92. The Bertz CT molecular complexity index is 1210. The van der Waals surface area contributed by atoms with Gasteiger partial charge in [-0.05, 0) is 68.3 Å². The summed E-state index contributed by atoms with van der Waals surface area (Å²) in [6, 6.07) is 19.6. The Kier molecular flexibility index (Phi) is 9.88. The number of anilines is 1. The zero-order valence-electron chi connectivity index (χ0n) is 20.7. The maximum atomic E-state index is 12.6. The fraction of sp³-hybridized carbons (Fsp3) is 0.250. The van der Waals surface area contributed by atoms with Crippen LogP contribution in [0.2, 0.25) is 0 Å². The molecule has 0 atom stereocenters. The fourth-order valence-corrected chi connectivity index (χ4v) is 3.26. The molecule has 0 bridgehead atoms. The number of rotatable bonds is 12. The first-order valence-corrected chi connectivity index (χ1v) is 11.8. The molecule has 3 rings (SSSR count). The van der Waals surface area contributed by atoms with Crippen molar-refractivity contribution in [2.24, 2.45) is 5.10 Å². The molecule has 8 nitrogen and oxygen atoms in total. The molecule has 0 aliphatic heterocycles. The van der Waals surface area contributed by atoms with Gasteiger partial charge in [0.05, 0.1) is 19.4 Å². The van der Waals surface area contributed by atoms with Crippen LogP contribution in [0.25, 0.3) is 0 Å². The first-order chi connectivity index (χ1) is 17.5. The summed E-state index contributed by atoms with van der Waals surface area (Å²) in [6.07, 6.45) is 2.33. The van der Waals surface area contributed by atoms with Crippen LogP contribution in [0.4, 0.5) is 5.69 Å². The molecule has 3 aromatic rings. The van der Waals surface area contributed by atoms with Gasteiger partial charge in [0.25, 0.3) is 11.8 Å². The molecule has 0 saturated carbocycles. The van der Waals surface area contributed by atoms with Crippen LogP contribution in [-0.2, 0) is 4.79 Å². The molecular formula is C28H31N3O5. The van der Waals surface area contributed by atoms with Crippen molar-refractivity contribution < 1.29 is 23.8 Å². The number of nitrogens with one attached hydrogen (secondary N) is 2. The standard InChI is InChI=1S/C28H31N3O5/c1-4-15-35-25-14-13-21(17-26(25)34-5-2)28(33)31-29-18-22-10-6-7-12-24(22)36-19-27(32)30-23-11-8-9-20(3)16-23/h6-14,16-18H,4-5,15,19H2,1-3H3,(H,30,32)(H,31,33)/b29-18+. The van der Waals surface area contributed by atoms with Gasteiger partial charge in [0.15, 0.2) is 18.1 Å². The van der Waals surface area contributed by atoms with E-state index < -0.39 is 5.91 Å². The summed E-state index contributed by atoms with van der Waals surface area (Å²) in [5, 5.41) is 6.86. The summed E-state index contributed by atoms with van der Waals surface area (Å²) in [7, 11) is 0. The largest absolute Gasteiger partial charge is 0.490 e. The fourth-order valence-electron chi connectivity index (χ4n) is 3.26. The lowest BCUT2D eigenvalue weighted by Crippen LogP contribution is -2.20. The molecule has 8 heteroatoms. The van der Waals surface area contributed by atoms with Crippen LogP contribution in [-0.4, -0.2) is 37.8 Å². The van der Waals surface area contributed by atoms with E-state index in [0.29, 0.717) is 47.3 Å². The molecule has 0 saturated heterocycles. The Labute approximate surface area is 211 Å². The van der Waals surface area contributed by atoms with E-state index in [2.05, 4.69) is 15.8 Å². The quantitative estimate of drug-likeness (QED) is 0.277. The number of ether oxygens (including phenoxy) is 3. The molecule has 0 aliphatic rings. The van der Waals surface area contributed by atoms with Crippen LogP contribution < -0.4 is 25.0 Å². The van der Waals surface area contributed by atoms with E-state index in [1.54, 1.807) is 36.4 Å². The van der Waals surface area contributed by atoms with Gasteiger partial charge in [0.1, 0.15) is 5.75 Å². The highest BCUT2D eigenvalue weighted by atomic mass is 16.5. The Hall–Kier alpha value is -4.33. The Morgan fingerprint density at radius 2 is 1.72 bits per heavy atom. The normalized spacial score (nSPS) is 10.6. The minimum atomic E-state index is -0.398. The van der Waals surface area contributed by atoms with E-state index in [1.165, 1.54) is 6.21 Å². The van der Waals surface area contributed by atoms with E-state index in [-0.39, 0.29) is 12.5 Å². The molecular weight excluding hydrogens is 458 g/mol. The topological polar surface area (TPSA) is 98.3 Å². The van der Waals surface area contributed by atoms with Gasteiger partial charge >= 0.3 is 0 Å². The van der Waals surface area contributed by atoms with Crippen LogP contribution in [0.3, 0.4) is 0 Å². The van der Waals surface area contributed by atoms with Crippen LogP contribution in [0.15, 0.2) is 71.8 Å². The summed E-state index contributed by atoms with van der Waals surface area (Å²) in [5.41, 5.74) is 5.26. The van der Waals surface area contributed by atoms with Gasteiger partial charge in [-0.25, -0.2) is 5.43 Å². The SMILES string of the molecule is CCCOc1ccc(C(=O)N/N=C/c2ccccc2OCC(=O)Nc2cccc(C)c2)cc1OCC. The molecule has 36 heavy (non-hydrogen) atoms. The predicted molar refractivity (Wildman–Crippen MR) is 140 cm³/mol. The van der Waals surface area contributed by atoms with Crippen molar-refractivity contribution in [3.8, 4) is 17.2 Å². The Morgan fingerprint density at radius 3 is 2.50 bits per heavy atom. The molecule has 0 unspecified atom stereocenters. The second kappa shape index (κ2) is 13.5. The van der Waals surface area contributed by atoms with Gasteiger partial charge < -0.3 is 19.5 Å². The second-order valence-corrected chi connectivity index (χ2v) is 7.89. The van der Waals surface area contributed by atoms with Gasteiger partial charge in [-0.1, -0.05) is 31.2 Å². The Morgan fingerprint density at radius 1 is 0.889 bits per heavy atom. The van der Waals surface area contributed by atoms with Crippen LogP contribution in [0.1, 0.15) is 41.8 Å². The smallest absolute Gasteiger partial charge is 0.271 e. The van der Waals surface area contributed by atoms with Crippen LogP contribution in [0, 0.1) is 6.92 Å². The van der Waals surface area contributed by atoms with Crippen LogP contribution >= 0.6 is 0 Å². The zero-order chi connectivity index (χ0) is 25.8. The second-order valence-electron chi connectivity index (χ2n) is 7.89. The van der Waals surface area contributed by atoms with E-state index in [1.807, 2.05) is 51.1 Å². The molecule has 0 radical (unpaired) electrons. The highest BCUT2D eigenvalue weighted by Gasteiger charge is 2.12. The third-order valence-corrected chi connectivity index (χ3v) is 4.92. The third kappa shape index (κ3) is 7.87. The zero-order valence-corrected chi connectivity index (χ0v) is 20.7. The summed E-state index contributed by atoms with van der Waals surface area (Å²) in [6.45, 7) is 6.68. The predicted octanol–water partition coefficient (Wildman–Crippen LogP) is 4.96. The number of hydrogen-bond acceptors (Lipinski definition) is 6. The van der Waals surface area contributed by atoms with Crippen molar-refractivity contribution in [1.29, 1.82) is 0 Å². The lowest BCUT2D eigenvalue weighted by atomic mass is 10.2. The summed E-state index contributed by atoms with van der Waals surface area (Å²) in [4.78, 5) is 24.9. The molecule has 0 aromatic heterocycles. The number of hydrazone groups is 1. The monoisotopic (exact) mass is 489 g/mol. The lowest BCUT2D eigenvalue weighted by molar-refractivity contribution is -0.118. The van der Waals surface area contributed by atoms with Gasteiger partial charge in [-0.2, -0.15) is 5.10 Å². The van der Waals surface area contributed by atoms with E-state index in [9.17, 15) is 9.59 Å². The van der Waals surface area contributed by atoms with Gasteiger partial charge in [0, 0.05) is 16.8 Å². The number of carbonyl (C=O) groups excluding carboxylic acids is 2. The average Bonchev–Trinajstić information content (AvgIpc) is 2.87. The maximum absolute atomic E-state index is 12.6. The lowest BCUT2D eigenvalue weighted by Gasteiger charge is -2.12. The van der Waals surface area contributed by atoms with Crippen molar-refractivity contribution >= 4 is 23.7 Å². The summed E-state index contributed by atoms with van der Waals surface area (Å²) >= 11 is 0. The molecule has 3 aromatic carbocycles. The highest BCUT2D eigenvalue weighted by molar-refractivity contribution is 5.96. The van der Waals surface area contributed by atoms with Gasteiger partial charge in [-0.15, -0.1) is 0 Å². The molecule has 0 spiro atoms. The van der Waals surface area contributed by atoms with Crippen LogP contribution in [0.5, 0.6) is 17.2 Å². The van der Waals surface area contributed by atoms with Crippen molar-refractivity contribution in [2.75, 3.05) is 25.1 Å². The minimum Gasteiger partial charge on any atom is -0.490 e. The summed E-state index contributed by atoms with van der Waals surface area (Å²) < 4.78 is 17.0.